The average molecular weight is 417 g/mol. The number of carbonyl (C=O) groups is 2. The summed E-state index contributed by atoms with van der Waals surface area (Å²) in [5, 5.41) is 18.8. The van der Waals surface area contributed by atoms with Gasteiger partial charge in [0.1, 0.15) is 5.82 Å². The summed E-state index contributed by atoms with van der Waals surface area (Å²) in [6, 6.07) is 9.79. The minimum atomic E-state index is -0.537. The van der Waals surface area contributed by atoms with Gasteiger partial charge in [-0.2, -0.15) is 0 Å². The number of rotatable bonds is 6. The van der Waals surface area contributed by atoms with Crippen molar-refractivity contribution in [2.75, 3.05) is 23.3 Å². The van der Waals surface area contributed by atoms with Gasteiger partial charge in [-0.15, -0.1) is 0 Å². The molecule has 30 heavy (non-hydrogen) atoms. The zero-order chi connectivity index (χ0) is 22.3. The van der Waals surface area contributed by atoms with Crippen LogP contribution < -0.4 is 20.9 Å². The van der Waals surface area contributed by atoms with E-state index in [0.29, 0.717) is 11.4 Å². The number of anilines is 2. The zero-order valence-corrected chi connectivity index (χ0v) is 16.9. The molecule has 4 amide bonds. The molecular formula is C20H24FN5O4. The molecule has 9 nitrogen and oxygen atoms in total. The summed E-state index contributed by atoms with van der Waals surface area (Å²) < 4.78 is 13.3. The number of amides is 4. The molecule has 0 atom stereocenters. The fraction of sp³-hybridized carbons (Fsp3) is 0.300. The highest BCUT2D eigenvalue weighted by Gasteiger charge is 2.18. The second-order valence-corrected chi connectivity index (χ2v) is 7.49. The first-order valence-electron chi connectivity index (χ1n) is 9.20. The standard InChI is InChI=1S/C20H24FN5O4/c1-20(2,3)24-18(27)22-12-13-25(16-8-4-14(21)5-9-16)19(28)23-15-6-10-17(11-7-15)26(29)30/h4-11H,12-13H2,1-3H3,(H,23,28)(H2,22,24,27). The van der Waals surface area contributed by atoms with Crippen molar-refractivity contribution in [1.82, 2.24) is 10.6 Å². The van der Waals surface area contributed by atoms with Gasteiger partial charge in [-0.1, -0.05) is 0 Å². The Bertz CT molecular complexity index is 895. The molecule has 0 aliphatic carbocycles. The fourth-order valence-electron chi connectivity index (χ4n) is 2.49. The van der Waals surface area contributed by atoms with E-state index in [1.807, 2.05) is 20.8 Å². The van der Waals surface area contributed by atoms with Crippen molar-refractivity contribution in [3.8, 4) is 0 Å². The lowest BCUT2D eigenvalue weighted by Crippen LogP contribution is -2.48. The Morgan fingerprint density at radius 1 is 1.07 bits per heavy atom. The Morgan fingerprint density at radius 3 is 2.20 bits per heavy atom. The summed E-state index contributed by atoms with van der Waals surface area (Å²) in [6.07, 6.45) is 0. The maximum atomic E-state index is 13.3. The first-order chi connectivity index (χ1) is 14.0. The van der Waals surface area contributed by atoms with Gasteiger partial charge in [-0.25, -0.2) is 14.0 Å². The van der Waals surface area contributed by atoms with Crippen molar-refractivity contribution in [2.24, 2.45) is 0 Å². The van der Waals surface area contributed by atoms with Gasteiger partial charge in [0.25, 0.3) is 5.69 Å². The van der Waals surface area contributed by atoms with Gasteiger partial charge in [0.2, 0.25) is 0 Å². The van der Waals surface area contributed by atoms with E-state index in [1.54, 1.807) is 0 Å². The van der Waals surface area contributed by atoms with E-state index in [-0.39, 0.29) is 24.8 Å². The highest BCUT2D eigenvalue weighted by atomic mass is 19.1. The monoisotopic (exact) mass is 417 g/mol. The molecule has 0 aromatic heterocycles. The summed E-state index contributed by atoms with van der Waals surface area (Å²) in [5.41, 5.74) is 0.274. The van der Waals surface area contributed by atoms with Gasteiger partial charge in [-0.05, 0) is 57.2 Å². The van der Waals surface area contributed by atoms with Gasteiger partial charge in [0.15, 0.2) is 0 Å². The summed E-state index contributed by atoms with van der Waals surface area (Å²) in [5.74, 6) is -0.447. The number of benzene rings is 2. The van der Waals surface area contributed by atoms with Crippen molar-refractivity contribution in [2.45, 2.75) is 26.3 Å². The lowest BCUT2D eigenvalue weighted by atomic mass is 10.1. The molecule has 0 unspecified atom stereocenters. The van der Waals surface area contributed by atoms with Gasteiger partial charge < -0.3 is 16.0 Å². The first-order valence-corrected chi connectivity index (χ1v) is 9.20. The zero-order valence-electron chi connectivity index (χ0n) is 16.9. The maximum Gasteiger partial charge on any atom is 0.326 e. The third kappa shape index (κ3) is 7.04. The minimum Gasteiger partial charge on any atom is -0.336 e. The van der Waals surface area contributed by atoms with Crippen LogP contribution in [0.3, 0.4) is 0 Å². The molecule has 0 aliphatic heterocycles. The average Bonchev–Trinajstić information content (AvgIpc) is 2.65. The lowest BCUT2D eigenvalue weighted by molar-refractivity contribution is -0.384. The Hall–Kier alpha value is -3.69. The van der Waals surface area contributed by atoms with E-state index in [1.165, 1.54) is 53.4 Å². The van der Waals surface area contributed by atoms with Crippen LogP contribution in [0.25, 0.3) is 0 Å². The molecule has 2 rings (SSSR count). The molecule has 0 saturated heterocycles. The van der Waals surface area contributed by atoms with Crippen molar-refractivity contribution in [3.63, 3.8) is 0 Å². The van der Waals surface area contributed by atoms with Crippen LogP contribution in [0.1, 0.15) is 20.8 Å². The maximum absolute atomic E-state index is 13.3. The number of halogens is 1. The molecule has 2 aromatic rings. The van der Waals surface area contributed by atoms with Crippen LogP contribution in [-0.4, -0.2) is 35.6 Å². The number of carbonyl (C=O) groups excluding carboxylic acids is 2. The van der Waals surface area contributed by atoms with E-state index >= 15 is 0 Å². The van der Waals surface area contributed by atoms with Crippen LogP contribution in [0.2, 0.25) is 0 Å². The summed E-state index contributed by atoms with van der Waals surface area (Å²) in [4.78, 5) is 36.3. The number of hydrogen-bond acceptors (Lipinski definition) is 4. The van der Waals surface area contributed by atoms with E-state index < -0.39 is 22.3 Å². The topological polar surface area (TPSA) is 117 Å². The summed E-state index contributed by atoms with van der Waals surface area (Å²) in [7, 11) is 0. The molecule has 2 aromatic carbocycles. The molecule has 3 N–H and O–H groups in total. The van der Waals surface area contributed by atoms with Crippen molar-refractivity contribution >= 4 is 29.1 Å². The number of hydrogen-bond donors (Lipinski definition) is 3. The number of nitro groups is 1. The van der Waals surface area contributed by atoms with E-state index in [9.17, 15) is 24.1 Å². The predicted octanol–water partition coefficient (Wildman–Crippen LogP) is 3.87. The Kier molecular flexibility index (Phi) is 7.29. The van der Waals surface area contributed by atoms with Crippen LogP contribution in [-0.2, 0) is 0 Å². The Balaban J connectivity index is 2.08. The van der Waals surface area contributed by atoms with Crippen molar-refractivity contribution < 1.29 is 18.9 Å². The SMILES string of the molecule is CC(C)(C)NC(=O)NCCN(C(=O)Nc1ccc([N+](=O)[O-])cc1)c1ccc(F)cc1. The normalized spacial score (nSPS) is 10.8. The van der Waals surface area contributed by atoms with Crippen LogP contribution >= 0.6 is 0 Å². The second-order valence-electron chi connectivity index (χ2n) is 7.49. The molecule has 0 radical (unpaired) electrons. The smallest absolute Gasteiger partial charge is 0.326 e. The van der Waals surface area contributed by atoms with E-state index in [2.05, 4.69) is 16.0 Å². The number of nitrogens with one attached hydrogen (secondary N) is 3. The quantitative estimate of drug-likeness (QED) is 0.489. The summed E-state index contributed by atoms with van der Waals surface area (Å²) in [6.45, 7) is 5.79. The highest BCUT2D eigenvalue weighted by Crippen LogP contribution is 2.19. The molecule has 0 bridgehead atoms. The molecule has 160 valence electrons. The van der Waals surface area contributed by atoms with Gasteiger partial charge in [0.05, 0.1) is 4.92 Å². The minimum absolute atomic E-state index is 0.0996. The van der Waals surface area contributed by atoms with Gasteiger partial charge in [-0.3, -0.25) is 15.0 Å². The van der Waals surface area contributed by atoms with Gasteiger partial charge in [0, 0.05) is 42.1 Å². The van der Waals surface area contributed by atoms with Crippen molar-refractivity contribution in [3.05, 3.63) is 64.5 Å². The predicted molar refractivity (Wildman–Crippen MR) is 112 cm³/mol. The fourth-order valence-corrected chi connectivity index (χ4v) is 2.49. The highest BCUT2D eigenvalue weighted by molar-refractivity contribution is 6.01. The molecular weight excluding hydrogens is 393 g/mol. The summed E-state index contributed by atoms with van der Waals surface area (Å²) >= 11 is 0. The molecule has 0 spiro atoms. The first kappa shape index (κ1) is 22.6. The Morgan fingerprint density at radius 2 is 1.67 bits per heavy atom. The number of urea groups is 2. The number of nitro benzene ring substituents is 1. The second kappa shape index (κ2) is 9.68. The van der Waals surface area contributed by atoms with Crippen LogP contribution in [0.15, 0.2) is 48.5 Å². The lowest BCUT2D eigenvalue weighted by Gasteiger charge is -2.25. The Labute approximate surface area is 173 Å². The number of non-ortho nitro benzene ring substituents is 1. The van der Waals surface area contributed by atoms with Crippen LogP contribution in [0.4, 0.5) is 31.0 Å². The third-order valence-electron chi connectivity index (χ3n) is 3.82. The van der Waals surface area contributed by atoms with Crippen LogP contribution in [0, 0.1) is 15.9 Å². The molecule has 0 heterocycles. The molecule has 10 heteroatoms. The van der Waals surface area contributed by atoms with Crippen LogP contribution in [0.5, 0.6) is 0 Å². The van der Waals surface area contributed by atoms with E-state index in [4.69, 9.17) is 0 Å². The third-order valence-corrected chi connectivity index (χ3v) is 3.82. The largest absolute Gasteiger partial charge is 0.336 e. The van der Waals surface area contributed by atoms with E-state index in [0.717, 1.165) is 0 Å². The molecule has 0 saturated carbocycles. The molecule has 0 aliphatic rings. The van der Waals surface area contributed by atoms with Gasteiger partial charge >= 0.3 is 12.1 Å². The van der Waals surface area contributed by atoms with Crippen molar-refractivity contribution in [1.29, 1.82) is 0 Å². The number of nitrogens with zero attached hydrogens (tertiary/aromatic N) is 2. The molecule has 0 fully saturated rings.